The number of amides is 2. The maximum absolute atomic E-state index is 12.2. The van der Waals surface area contributed by atoms with E-state index < -0.39 is 18.1 Å². The minimum Gasteiger partial charge on any atom is -0.480 e. The molecule has 7 heteroatoms. The molecular weight excluding hydrogens is 238 g/mol. The molecular formula is C11H19N3O4. The van der Waals surface area contributed by atoms with Gasteiger partial charge in [0.1, 0.15) is 6.04 Å². The summed E-state index contributed by atoms with van der Waals surface area (Å²) in [5.74, 6) is -0.765. The van der Waals surface area contributed by atoms with Gasteiger partial charge in [-0.15, -0.1) is 0 Å². The lowest BCUT2D eigenvalue weighted by Gasteiger charge is -2.27. The standard InChI is InChI=1S/C11H19N3O4/c12-4-7-1-2-13(5-7)11(18)14-6-8(15)3-9(14)10(16)17/h7-9,15H,1-6,12H2,(H,16,17)/t7?,8-,9-/m1/s1. The third-order valence-electron chi connectivity index (χ3n) is 3.70. The number of rotatable bonds is 2. The zero-order chi connectivity index (χ0) is 13.3. The summed E-state index contributed by atoms with van der Waals surface area (Å²) in [5, 5.41) is 18.6. The van der Waals surface area contributed by atoms with Gasteiger partial charge in [0.25, 0.3) is 0 Å². The molecule has 0 radical (unpaired) electrons. The van der Waals surface area contributed by atoms with Gasteiger partial charge in [-0.1, -0.05) is 0 Å². The maximum atomic E-state index is 12.2. The van der Waals surface area contributed by atoms with Crippen LogP contribution in [0.15, 0.2) is 0 Å². The number of β-amino-alcohol motifs (C(OH)–C–C–N with tert-alkyl or cyclic N) is 1. The normalized spacial score (nSPS) is 32.0. The molecule has 2 heterocycles. The van der Waals surface area contributed by atoms with E-state index in [1.165, 1.54) is 4.90 Å². The van der Waals surface area contributed by atoms with E-state index in [4.69, 9.17) is 10.8 Å². The second-order valence-corrected chi connectivity index (χ2v) is 5.01. The van der Waals surface area contributed by atoms with E-state index in [1.807, 2.05) is 0 Å². The number of carbonyl (C=O) groups excluding carboxylic acids is 1. The Balaban J connectivity index is 2.02. The largest absolute Gasteiger partial charge is 0.480 e. The maximum Gasteiger partial charge on any atom is 0.326 e. The van der Waals surface area contributed by atoms with Crippen molar-refractivity contribution in [3.05, 3.63) is 0 Å². The van der Waals surface area contributed by atoms with E-state index in [0.29, 0.717) is 25.6 Å². The Bertz CT molecular complexity index is 349. The molecule has 18 heavy (non-hydrogen) atoms. The molecule has 102 valence electrons. The summed E-state index contributed by atoms with van der Waals surface area (Å²) < 4.78 is 0. The van der Waals surface area contributed by atoms with Gasteiger partial charge in [0.05, 0.1) is 6.10 Å². The van der Waals surface area contributed by atoms with Crippen molar-refractivity contribution in [3.8, 4) is 0 Å². The molecule has 0 bridgehead atoms. The molecule has 0 aliphatic carbocycles. The first kappa shape index (κ1) is 13.1. The van der Waals surface area contributed by atoms with Crippen LogP contribution in [0.5, 0.6) is 0 Å². The number of aliphatic hydroxyl groups is 1. The van der Waals surface area contributed by atoms with Crippen molar-refractivity contribution in [2.75, 3.05) is 26.2 Å². The van der Waals surface area contributed by atoms with Crippen molar-refractivity contribution in [1.82, 2.24) is 9.80 Å². The highest BCUT2D eigenvalue weighted by atomic mass is 16.4. The summed E-state index contributed by atoms with van der Waals surface area (Å²) in [7, 11) is 0. The summed E-state index contributed by atoms with van der Waals surface area (Å²) in [6, 6.07) is -1.21. The van der Waals surface area contributed by atoms with Crippen LogP contribution in [-0.2, 0) is 4.79 Å². The predicted molar refractivity (Wildman–Crippen MR) is 62.9 cm³/mol. The van der Waals surface area contributed by atoms with Crippen LogP contribution >= 0.6 is 0 Å². The fraction of sp³-hybridized carbons (Fsp3) is 0.818. The van der Waals surface area contributed by atoms with Crippen LogP contribution in [0.1, 0.15) is 12.8 Å². The number of hydrogen-bond donors (Lipinski definition) is 3. The average Bonchev–Trinajstić information content (AvgIpc) is 2.94. The summed E-state index contributed by atoms with van der Waals surface area (Å²) >= 11 is 0. The minimum absolute atomic E-state index is 0.0968. The SMILES string of the molecule is NCC1CCN(C(=O)N2C[C@H](O)C[C@@H]2C(=O)O)C1. The van der Waals surface area contributed by atoms with Crippen molar-refractivity contribution in [2.24, 2.45) is 11.7 Å². The second-order valence-electron chi connectivity index (χ2n) is 5.01. The van der Waals surface area contributed by atoms with Gasteiger partial charge >= 0.3 is 12.0 Å². The number of nitrogens with zero attached hydrogens (tertiary/aromatic N) is 2. The van der Waals surface area contributed by atoms with Crippen molar-refractivity contribution in [2.45, 2.75) is 25.0 Å². The van der Waals surface area contributed by atoms with Gasteiger partial charge in [0.15, 0.2) is 0 Å². The third-order valence-corrected chi connectivity index (χ3v) is 3.70. The number of nitrogens with two attached hydrogens (primary N) is 1. The van der Waals surface area contributed by atoms with Crippen LogP contribution in [-0.4, -0.2) is 70.3 Å². The molecule has 3 atom stereocenters. The Labute approximate surface area is 105 Å². The Kier molecular flexibility index (Phi) is 3.72. The first-order valence-electron chi connectivity index (χ1n) is 6.19. The number of urea groups is 1. The van der Waals surface area contributed by atoms with Gasteiger partial charge in [0.2, 0.25) is 0 Å². The highest BCUT2D eigenvalue weighted by Crippen LogP contribution is 2.23. The fourth-order valence-electron chi connectivity index (χ4n) is 2.64. The number of hydrogen-bond acceptors (Lipinski definition) is 4. The lowest BCUT2D eigenvalue weighted by molar-refractivity contribution is -0.141. The van der Waals surface area contributed by atoms with Crippen LogP contribution in [0.4, 0.5) is 4.79 Å². The molecule has 4 N–H and O–H groups in total. The van der Waals surface area contributed by atoms with E-state index in [1.54, 1.807) is 4.90 Å². The molecule has 0 aromatic rings. The van der Waals surface area contributed by atoms with Crippen LogP contribution in [0.25, 0.3) is 0 Å². The number of carboxylic acid groups (broad SMARTS) is 1. The molecule has 2 fully saturated rings. The second kappa shape index (κ2) is 5.11. The first-order chi connectivity index (χ1) is 8.52. The molecule has 2 rings (SSSR count). The van der Waals surface area contributed by atoms with Gasteiger partial charge in [0, 0.05) is 26.1 Å². The number of likely N-dealkylation sites (tertiary alicyclic amines) is 2. The zero-order valence-corrected chi connectivity index (χ0v) is 10.2. The van der Waals surface area contributed by atoms with Crippen LogP contribution in [0.3, 0.4) is 0 Å². The van der Waals surface area contributed by atoms with Gasteiger partial charge in [-0.2, -0.15) is 0 Å². The lowest BCUT2D eigenvalue weighted by Crippen LogP contribution is -2.47. The van der Waals surface area contributed by atoms with Crippen LogP contribution in [0.2, 0.25) is 0 Å². The van der Waals surface area contributed by atoms with E-state index in [0.717, 1.165) is 6.42 Å². The molecule has 0 spiro atoms. The van der Waals surface area contributed by atoms with Crippen molar-refractivity contribution >= 4 is 12.0 Å². The summed E-state index contributed by atoms with van der Waals surface area (Å²) in [5.41, 5.74) is 5.56. The zero-order valence-electron chi connectivity index (χ0n) is 10.2. The van der Waals surface area contributed by atoms with Gasteiger partial charge in [-0.05, 0) is 18.9 Å². The highest BCUT2D eigenvalue weighted by Gasteiger charge is 2.41. The Morgan fingerprint density at radius 1 is 1.33 bits per heavy atom. The lowest BCUT2D eigenvalue weighted by atomic mass is 10.1. The van der Waals surface area contributed by atoms with E-state index >= 15 is 0 Å². The first-order valence-corrected chi connectivity index (χ1v) is 6.19. The van der Waals surface area contributed by atoms with Crippen LogP contribution < -0.4 is 5.73 Å². The number of carbonyl (C=O) groups is 2. The molecule has 0 aromatic heterocycles. The third kappa shape index (κ3) is 2.41. The topological polar surface area (TPSA) is 107 Å². The molecule has 0 saturated carbocycles. The number of aliphatic hydroxyl groups excluding tert-OH is 1. The Hall–Kier alpha value is -1.34. The quantitative estimate of drug-likeness (QED) is 0.582. The highest BCUT2D eigenvalue weighted by molar-refractivity contribution is 5.83. The number of carboxylic acids is 1. The molecule has 0 aromatic carbocycles. The number of aliphatic carboxylic acids is 1. The molecule has 2 aliphatic rings. The Morgan fingerprint density at radius 2 is 2.06 bits per heavy atom. The summed E-state index contributed by atoms with van der Waals surface area (Å²) in [4.78, 5) is 26.1. The average molecular weight is 257 g/mol. The summed E-state index contributed by atoms with van der Waals surface area (Å²) in [6.07, 6.45) is 0.217. The van der Waals surface area contributed by atoms with E-state index in [-0.39, 0.29) is 19.0 Å². The smallest absolute Gasteiger partial charge is 0.326 e. The Morgan fingerprint density at radius 3 is 2.61 bits per heavy atom. The minimum atomic E-state index is -1.06. The van der Waals surface area contributed by atoms with E-state index in [9.17, 15) is 14.7 Å². The monoisotopic (exact) mass is 257 g/mol. The molecule has 1 unspecified atom stereocenters. The summed E-state index contributed by atoms with van der Waals surface area (Å²) in [6.45, 7) is 1.82. The van der Waals surface area contributed by atoms with Crippen molar-refractivity contribution in [3.63, 3.8) is 0 Å². The van der Waals surface area contributed by atoms with Crippen molar-refractivity contribution < 1.29 is 19.8 Å². The van der Waals surface area contributed by atoms with Crippen molar-refractivity contribution in [1.29, 1.82) is 0 Å². The van der Waals surface area contributed by atoms with Gasteiger partial charge in [-0.3, -0.25) is 0 Å². The van der Waals surface area contributed by atoms with E-state index in [2.05, 4.69) is 0 Å². The molecule has 2 saturated heterocycles. The predicted octanol–water partition coefficient (Wildman–Crippen LogP) is -1.09. The molecule has 2 amide bonds. The van der Waals surface area contributed by atoms with Gasteiger partial charge < -0.3 is 25.7 Å². The van der Waals surface area contributed by atoms with Gasteiger partial charge in [-0.25, -0.2) is 9.59 Å². The molecule has 7 nitrogen and oxygen atoms in total. The van der Waals surface area contributed by atoms with Crippen LogP contribution in [0, 0.1) is 5.92 Å². The fourth-order valence-corrected chi connectivity index (χ4v) is 2.64. The molecule has 2 aliphatic heterocycles.